The second kappa shape index (κ2) is 5.15. The Morgan fingerprint density at radius 2 is 2.11 bits per heavy atom. The molecule has 0 aliphatic rings. The van der Waals surface area contributed by atoms with Gasteiger partial charge in [-0.25, -0.2) is 15.0 Å². The first-order valence-electron chi connectivity index (χ1n) is 5.74. The monoisotopic (exact) mass is 292 g/mol. The lowest BCUT2D eigenvalue weighted by molar-refractivity contribution is 0.754. The molecule has 6 heteroatoms. The standard InChI is InChI=1S/C13H10Cl2N4/c14-6-12-18-13-10(15)2-1-3-11(13)19(12)7-9-4-5-16-8-17-9/h1-5,8H,6-7H2. The van der Waals surface area contributed by atoms with E-state index in [0.717, 1.165) is 22.6 Å². The van der Waals surface area contributed by atoms with Gasteiger partial charge in [-0.3, -0.25) is 0 Å². The highest BCUT2D eigenvalue weighted by atomic mass is 35.5. The molecule has 1 aromatic carbocycles. The second-order valence-corrected chi connectivity index (χ2v) is 4.73. The van der Waals surface area contributed by atoms with E-state index in [1.165, 1.54) is 6.33 Å². The summed E-state index contributed by atoms with van der Waals surface area (Å²) in [5.74, 6) is 1.11. The molecule has 0 spiro atoms. The van der Waals surface area contributed by atoms with Gasteiger partial charge in [0, 0.05) is 6.20 Å². The first-order chi connectivity index (χ1) is 9.29. The summed E-state index contributed by atoms with van der Waals surface area (Å²) >= 11 is 12.1. The molecular formula is C13H10Cl2N4. The van der Waals surface area contributed by atoms with E-state index in [4.69, 9.17) is 23.2 Å². The van der Waals surface area contributed by atoms with Gasteiger partial charge in [0.25, 0.3) is 0 Å². The third kappa shape index (κ3) is 2.29. The Morgan fingerprint density at radius 1 is 1.21 bits per heavy atom. The van der Waals surface area contributed by atoms with E-state index in [9.17, 15) is 0 Å². The summed E-state index contributed by atoms with van der Waals surface area (Å²) in [5.41, 5.74) is 2.64. The topological polar surface area (TPSA) is 43.6 Å². The molecule has 0 atom stereocenters. The number of aromatic nitrogens is 4. The molecule has 2 heterocycles. The third-order valence-corrected chi connectivity index (χ3v) is 3.44. The maximum Gasteiger partial charge on any atom is 0.125 e. The van der Waals surface area contributed by atoms with Crippen molar-refractivity contribution < 1.29 is 0 Å². The molecule has 0 radical (unpaired) electrons. The number of hydrogen-bond acceptors (Lipinski definition) is 3. The van der Waals surface area contributed by atoms with Gasteiger partial charge in [0.05, 0.1) is 28.7 Å². The van der Waals surface area contributed by atoms with Crippen molar-refractivity contribution in [2.75, 3.05) is 0 Å². The van der Waals surface area contributed by atoms with Crippen LogP contribution < -0.4 is 0 Å². The van der Waals surface area contributed by atoms with E-state index in [-0.39, 0.29) is 0 Å². The van der Waals surface area contributed by atoms with E-state index in [1.807, 2.05) is 28.8 Å². The summed E-state index contributed by atoms with van der Waals surface area (Å²) in [5, 5.41) is 0.630. The molecule has 0 amide bonds. The minimum atomic E-state index is 0.329. The zero-order valence-corrected chi connectivity index (χ0v) is 11.4. The number of benzene rings is 1. The Balaban J connectivity index is 2.14. The van der Waals surface area contributed by atoms with Gasteiger partial charge >= 0.3 is 0 Å². The van der Waals surface area contributed by atoms with Gasteiger partial charge in [-0.1, -0.05) is 17.7 Å². The van der Waals surface area contributed by atoms with Crippen LogP contribution in [0.3, 0.4) is 0 Å². The fraction of sp³-hybridized carbons (Fsp3) is 0.154. The van der Waals surface area contributed by atoms with Crippen molar-refractivity contribution >= 4 is 34.2 Å². The Hall–Kier alpha value is -1.65. The molecule has 3 rings (SSSR count). The highest BCUT2D eigenvalue weighted by Crippen LogP contribution is 2.25. The van der Waals surface area contributed by atoms with Crippen molar-refractivity contribution in [2.45, 2.75) is 12.4 Å². The molecule has 19 heavy (non-hydrogen) atoms. The van der Waals surface area contributed by atoms with E-state index in [2.05, 4.69) is 15.0 Å². The van der Waals surface area contributed by atoms with Gasteiger partial charge < -0.3 is 4.57 Å². The molecule has 2 aromatic heterocycles. The van der Waals surface area contributed by atoms with Crippen molar-refractivity contribution in [3.8, 4) is 0 Å². The Labute approximate surface area is 120 Å². The van der Waals surface area contributed by atoms with Crippen LogP contribution in [-0.4, -0.2) is 19.5 Å². The lowest BCUT2D eigenvalue weighted by Gasteiger charge is -2.06. The maximum absolute atomic E-state index is 6.16. The SMILES string of the molecule is ClCc1nc2c(Cl)cccc2n1Cc1ccncn1. The van der Waals surface area contributed by atoms with E-state index >= 15 is 0 Å². The first kappa shape index (κ1) is 12.4. The lowest BCUT2D eigenvalue weighted by atomic mass is 10.3. The predicted octanol–water partition coefficient (Wildman–Crippen LogP) is 3.27. The number of halogens is 2. The number of alkyl halides is 1. The quantitative estimate of drug-likeness (QED) is 0.696. The highest BCUT2D eigenvalue weighted by Gasteiger charge is 2.12. The third-order valence-electron chi connectivity index (χ3n) is 2.89. The summed E-state index contributed by atoms with van der Waals surface area (Å²) in [6.45, 7) is 0.599. The molecule has 0 bridgehead atoms. The van der Waals surface area contributed by atoms with Crippen LogP contribution in [0.4, 0.5) is 0 Å². The van der Waals surface area contributed by atoms with Crippen LogP contribution in [0.2, 0.25) is 5.02 Å². The summed E-state index contributed by atoms with van der Waals surface area (Å²) in [6.07, 6.45) is 3.25. The van der Waals surface area contributed by atoms with Gasteiger partial charge in [0.15, 0.2) is 0 Å². The van der Waals surface area contributed by atoms with Gasteiger partial charge in [0.1, 0.15) is 17.7 Å². The number of rotatable bonds is 3. The van der Waals surface area contributed by atoms with Crippen LogP contribution in [-0.2, 0) is 12.4 Å². The molecule has 3 aromatic rings. The summed E-state index contributed by atoms with van der Waals surface area (Å²) < 4.78 is 2.02. The van der Waals surface area contributed by atoms with Gasteiger partial charge in [-0.2, -0.15) is 0 Å². The summed E-state index contributed by atoms with van der Waals surface area (Å²) in [4.78, 5) is 12.6. The molecule has 0 aliphatic carbocycles. The molecule has 96 valence electrons. The van der Waals surface area contributed by atoms with Crippen molar-refractivity contribution in [1.29, 1.82) is 0 Å². The van der Waals surface area contributed by atoms with E-state index in [0.29, 0.717) is 17.4 Å². The van der Waals surface area contributed by atoms with Crippen LogP contribution in [0.5, 0.6) is 0 Å². The van der Waals surface area contributed by atoms with Crippen LogP contribution in [0.25, 0.3) is 11.0 Å². The van der Waals surface area contributed by atoms with Crippen molar-refractivity contribution in [1.82, 2.24) is 19.5 Å². The average molecular weight is 293 g/mol. The van der Waals surface area contributed by atoms with E-state index < -0.39 is 0 Å². The van der Waals surface area contributed by atoms with Crippen molar-refractivity contribution in [3.63, 3.8) is 0 Å². The largest absolute Gasteiger partial charge is 0.321 e. The van der Waals surface area contributed by atoms with Gasteiger partial charge in [0.2, 0.25) is 0 Å². The molecule has 0 aliphatic heterocycles. The number of nitrogens with zero attached hydrogens (tertiary/aromatic N) is 4. The van der Waals surface area contributed by atoms with Gasteiger partial charge in [-0.15, -0.1) is 11.6 Å². The molecule has 0 N–H and O–H groups in total. The zero-order valence-electron chi connectivity index (χ0n) is 9.92. The molecule has 4 nitrogen and oxygen atoms in total. The van der Waals surface area contributed by atoms with Crippen molar-refractivity contribution in [2.24, 2.45) is 0 Å². The van der Waals surface area contributed by atoms with Crippen LogP contribution in [0, 0.1) is 0 Å². The number of para-hydroxylation sites is 1. The maximum atomic E-state index is 6.16. The van der Waals surface area contributed by atoms with Crippen LogP contribution in [0.15, 0.2) is 36.8 Å². The summed E-state index contributed by atoms with van der Waals surface area (Å²) in [6, 6.07) is 7.57. The molecule has 0 saturated heterocycles. The highest BCUT2D eigenvalue weighted by molar-refractivity contribution is 6.35. The molecule has 0 saturated carbocycles. The minimum Gasteiger partial charge on any atom is -0.321 e. The zero-order chi connectivity index (χ0) is 13.2. The predicted molar refractivity (Wildman–Crippen MR) is 75.4 cm³/mol. The van der Waals surface area contributed by atoms with Crippen LogP contribution >= 0.6 is 23.2 Å². The average Bonchev–Trinajstić information content (AvgIpc) is 2.80. The number of fused-ring (bicyclic) bond motifs is 1. The number of imidazole rings is 1. The lowest BCUT2D eigenvalue weighted by Crippen LogP contribution is -2.05. The Morgan fingerprint density at radius 3 is 2.84 bits per heavy atom. The smallest absolute Gasteiger partial charge is 0.125 e. The number of hydrogen-bond donors (Lipinski definition) is 0. The molecule has 0 unspecified atom stereocenters. The molecule has 0 fully saturated rings. The minimum absolute atomic E-state index is 0.329. The molecular weight excluding hydrogens is 283 g/mol. The van der Waals surface area contributed by atoms with Crippen molar-refractivity contribution in [3.05, 3.63) is 53.3 Å². The second-order valence-electron chi connectivity index (χ2n) is 4.06. The fourth-order valence-corrected chi connectivity index (χ4v) is 2.43. The van der Waals surface area contributed by atoms with Crippen LogP contribution in [0.1, 0.15) is 11.5 Å². The summed E-state index contributed by atoms with van der Waals surface area (Å²) in [7, 11) is 0. The first-order valence-corrected chi connectivity index (χ1v) is 6.65. The van der Waals surface area contributed by atoms with E-state index in [1.54, 1.807) is 6.20 Å². The Bertz CT molecular complexity index is 709. The Kier molecular flexibility index (Phi) is 3.36. The fourth-order valence-electron chi connectivity index (χ4n) is 2.01. The van der Waals surface area contributed by atoms with Gasteiger partial charge in [-0.05, 0) is 18.2 Å². The normalized spacial score (nSPS) is 11.1.